The zero-order chi connectivity index (χ0) is 17.0. The van der Waals surface area contributed by atoms with Crippen LogP contribution in [-0.4, -0.2) is 23.2 Å². The van der Waals surface area contributed by atoms with E-state index in [1.54, 1.807) is 23.5 Å². The number of amides is 1. The van der Waals surface area contributed by atoms with Crippen LogP contribution in [0.4, 0.5) is 18.9 Å². The lowest BCUT2D eigenvalue weighted by Gasteiger charge is -2.13. The van der Waals surface area contributed by atoms with Crippen LogP contribution in [0.1, 0.15) is 10.4 Å². The van der Waals surface area contributed by atoms with Crippen LogP contribution in [0, 0.1) is 0 Å². The van der Waals surface area contributed by atoms with Crippen LogP contribution >= 0.6 is 11.8 Å². The number of nitrogens with one attached hydrogen (secondary N) is 1. The van der Waals surface area contributed by atoms with E-state index in [9.17, 15) is 22.8 Å². The van der Waals surface area contributed by atoms with Gasteiger partial charge in [0.25, 0.3) is 0 Å². The molecule has 0 unspecified atom stereocenters. The Morgan fingerprint density at radius 1 is 0.957 bits per heavy atom. The van der Waals surface area contributed by atoms with Gasteiger partial charge in [0.05, 0.1) is 11.3 Å². The molecule has 0 bridgehead atoms. The van der Waals surface area contributed by atoms with Gasteiger partial charge in [0, 0.05) is 9.79 Å². The van der Waals surface area contributed by atoms with Crippen molar-refractivity contribution in [2.24, 2.45) is 0 Å². The van der Waals surface area contributed by atoms with Crippen LogP contribution in [0.2, 0.25) is 0 Å². The minimum absolute atomic E-state index is 0.0226. The molecule has 0 saturated carbocycles. The lowest BCUT2D eigenvalue weighted by atomic mass is 10.2. The van der Waals surface area contributed by atoms with Crippen molar-refractivity contribution in [3.05, 3.63) is 54.1 Å². The fourth-order valence-corrected chi connectivity index (χ4v) is 2.73. The molecule has 2 N–H and O–H groups in total. The maximum Gasteiger partial charge on any atom is 0.471 e. The van der Waals surface area contributed by atoms with Gasteiger partial charge in [-0.05, 0) is 24.3 Å². The molecule has 120 valence electrons. The van der Waals surface area contributed by atoms with E-state index in [2.05, 4.69) is 0 Å². The van der Waals surface area contributed by atoms with Gasteiger partial charge in [-0.3, -0.25) is 4.79 Å². The molecule has 0 aliphatic heterocycles. The number of carbonyl (C=O) groups is 2. The van der Waals surface area contributed by atoms with E-state index in [4.69, 9.17) is 5.11 Å². The summed E-state index contributed by atoms with van der Waals surface area (Å²) in [5, 5.41) is 10.9. The lowest BCUT2D eigenvalue weighted by molar-refractivity contribution is -0.167. The Morgan fingerprint density at radius 2 is 1.52 bits per heavy atom. The van der Waals surface area contributed by atoms with Gasteiger partial charge in [-0.15, -0.1) is 0 Å². The third kappa shape index (κ3) is 4.26. The van der Waals surface area contributed by atoms with E-state index >= 15 is 0 Å². The maximum absolute atomic E-state index is 12.4. The van der Waals surface area contributed by atoms with Gasteiger partial charge in [0.1, 0.15) is 0 Å². The fraction of sp³-hybridized carbons (Fsp3) is 0.0667. The molecule has 0 radical (unpaired) electrons. The molecule has 0 fully saturated rings. The van der Waals surface area contributed by atoms with Crippen LogP contribution in [-0.2, 0) is 4.79 Å². The van der Waals surface area contributed by atoms with Gasteiger partial charge < -0.3 is 10.4 Å². The molecule has 0 aliphatic carbocycles. The van der Waals surface area contributed by atoms with Crippen LogP contribution < -0.4 is 5.32 Å². The summed E-state index contributed by atoms with van der Waals surface area (Å²) >= 11 is 0.959. The number of anilines is 1. The number of hydrogen-bond donors (Lipinski definition) is 2. The Bertz CT molecular complexity index is 747. The van der Waals surface area contributed by atoms with Crippen molar-refractivity contribution >= 4 is 29.3 Å². The predicted molar refractivity (Wildman–Crippen MR) is 78.7 cm³/mol. The number of aromatic carboxylic acids is 1. The molecule has 0 aromatic heterocycles. The average Bonchev–Trinajstić information content (AvgIpc) is 2.48. The van der Waals surface area contributed by atoms with Gasteiger partial charge in [0.15, 0.2) is 0 Å². The summed E-state index contributed by atoms with van der Waals surface area (Å²) < 4.78 is 37.1. The van der Waals surface area contributed by atoms with Crippen molar-refractivity contribution in [1.82, 2.24) is 0 Å². The number of carboxylic acids is 1. The monoisotopic (exact) mass is 341 g/mol. The molecule has 0 heterocycles. The molecule has 23 heavy (non-hydrogen) atoms. The highest BCUT2D eigenvalue weighted by atomic mass is 32.2. The van der Waals surface area contributed by atoms with Crippen LogP contribution in [0.5, 0.6) is 0 Å². The van der Waals surface area contributed by atoms with Gasteiger partial charge >= 0.3 is 18.1 Å². The second kappa shape index (κ2) is 6.74. The molecule has 0 aliphatic rings. The Kier molecular flexibility index (Phi) is 4.95. The molecule has 2 rings (SSSR count). The first-order valence-corrected chi connectivity index (χ1v) is 7.08. The van der Waals surface area contributed by atoms with E-state index in [1.807, 2.05) is 0 Å². The Balaban J connectivity index is 2.32. The van der Waals surface area contributed by atoms with Crippen LogP contribution in [0.15, 0.2) is 58.3 Å². The van der Waals surface area contributed by atoms with Crippen molar-refractivity contribution in [3.63, 3.8) is 0 Å². The fourth-order valence-electron chi connectivity index (χ4n) is 1.70. The Labute approximate surface area is 133 Å². The first-order valence-electron chi connectivity index (χ1n) is 6.26. The van der Waals surface area contributed by atoms with Crippen molar-refractivity contribution in [2.45, 2.75) is 16.0 Å². The predicted octanol–water partition coefficient (Wildman–Crippen LogP) is 4.04. The van der Waals surface area contributed by atoms with Gasteiger partial charge in [-0.1, -0.05) is 36.0 Å². The van der Waals surface area contributed by atoms with Crippen LogP contribution in [0.25, 0.3) is 0 Å². The number of carbonyl (C=O) groups excluding carboxylic acids is 1. The quantitative estimate of drug-likeness (QED) is 0.881. The SMILES string of the molecule is O=C(O)c1ccccc1Sc1ccccc1NC(=O)C(F)(F)F. The summed E-state index contributed by atoms with van der Waals surface area (Å²) in [4.78, 5) is 22.9. The molecule has 0 saturated heterocycles. The molecule has 0 spiro atoms. The molecule has 4 nitrogen and oxygen atoms in total. The summed E-state index contributed by atoms with van der Waals surface area (Å²) in [7, 11) is 0. The summed E-state index contributed by atoms with van der Waals surface area (Å²) in [6, 6.07) is 12.0. The van der Waals surface area contributed by atoms with Gasteiger partial charge in [-0.2, -0.15) is 13.2 Å². The smallest absolute Gasteiger partial charge is 0.471 e. The standard InChI is InChI=1S/C15H10F3NO3S/c16-15(17,18)14(22)19-10-6-2-4-8-12(10)23-11-7-3-1-5-9(11)13(20)21/h1-8H,(H,19,22)(H,20,21). The van der Waals surface area contributed by atoms with Gasteiger partial charge in [0.2, 0.25) is 0 Å². The molecular weight excluding hydrogens is 331 g/mol. The molecule has 1 amide bonds. The molecule has 0 atom stereocenters. The van der Waals surface area contributed by atoms with E-state index in [-0.39, 0.29) is 11.3 Å². The molecule has 2 aromatic carbocycles. The summed E-state index contributed by atoms with van der Waals surface area (Å²) in [6.45, 7) is 0. The number of para-hydroxylation sites is 1. The highest BCUT2D eigenvalue weighted by molar-refractivity contribution is 7.99. The summed E-state index contributed by atoms with van der Waals surface area (Å²) in [6.07, 6.45) is -5.00. The van der Waals surface area contributed by atoms with Crippen molar-refractivity contribution < 1.29 is 27.9 Å². The molecule has 8 heteroatoms. The average molecular weight is 341 g/mol. The Morgan fingerprint density at radius 3 is 2.13 bits per heavy atom. The van der Waals surface area contributed by atoms with Gasteiger partial charge in [-0.25, -0.2) is 4.79 Å². The minimum atomic E-state index is -5.00. The van der Waals surface area contributed by atoms with Crippen LogP contribution in [0.3, 0.4) is 0 Å². The topological polar surface area (TPSA) is 66.4 Å². The van der Waals surface area contributed by atoms with E-state index in [0.29, 0.717) is 9.79 Å². The van der Waals surface area contributed by atoms with Crippen molar-refractivity contribution in [1.29, 1.82) is 0 Å². The van der Waals surface area contributed by atoms with Crippen molar-refractivity contribution in [3.8, 4) is 0 Å². The normalized spacial score (nSPS) is 11.1. The highest BCUT2D eigenvalue weighted by Crippen LogP contribution is 2.35. The second-order valence-electron chi connectivity index (χ2n) is 4.35. The summed E-state index contributed by atoms with van der Waals surface area (Å²) in [5.41, 5.74) is -0.0190. The van der Waals surface area contributed by atoms with E-state index in [0.717, 1.165) is 11.8 Å². The maximum atomic E-state index is 12.4. The minimum Gasteiger partial charge on any atom is -0.478 e. The molecular formula is C15H10F3NO3S. The number of benzene rings is 2. The molecule has 2 aromatic rings. The number of rotatable bonds is 4. The number of carboxylic acid groups (broad SMARTS) is 1. The second-order valence-corrected chi connectivity index (χ2v) is 5.44. The number of hydrogen-bond acceptors (Lipinski definition) is 3. The van der Waals surface area contributed by atoms with E-state index in [1.165, 1.54) is 30.3 Å². The third-order valence-electron chi connectivity index (χ3n) is 2.73. The highest BCUT2D eigenvalue weighted by Gasteiger charge is 2.39. The Hall–Kier alpha value is -2.48. The first kappa shape index (κ1) is 16.9. The lowest BCUT2D eigenvalue weighted by Crippen LogP contribution is -2.30. The third-order valence-corrected chi connectivity index (χ3v) is 3.88. The largest absolute Gasteiger partial charge is 0.478 e. The van der Waals surface area contributed by atoms with E-state index < -0.39 is 18.1 Å². The first-order chi connectivity index (χ1) is 10.8. The zero-order valence-electron chi connectivity index (χ0n) is 11.4. The van der Waals surface area contributed by atoms with Crippen molar-refractivity contribution in [2.75, 3.05) is 5.32 Å². The number of halogens is 3. The number of alkyl halides is 3. The summed E-state index contributed by atoms with van der Waals surface area (Å²) in [5.74, 6) is -3.23. The zero-order valence-corrected chi connectivity index (χ0v) is 12.2.